The highest BCUT2D eigenvalue weighted by atomic mass is 16.2. The van der Waals surface area contributed by atoms with Gasteiger partial charge in [-0.1, -0.05) is 12.1 Å². The van der Waals surface area contributed by atoms with Crippen molar-refractivity contribution in [2.24, 2.45) is 0 Å². The summed E-state index contributed by atoms with van der Waals surface area (Å²) < 4.78 is 1.44. The smallest absolute Gasteiger partial charge is 0.263 e. The molecular formula is C23H23N5O3. The first-order chi connectivity index (χ1) is 15.1. The molecule has 0 aliphatic carbocycles. The van der Waals surface area contributed by atoms with Crippen molar-refractivity contribution in [3.8, 4) is 0 Å². The van der Waals surface area contributed by atoms with Gasteiger partial charge in [-0.3, -0.25) is 14.4 Å². The highest BCUT2D eigenvalue weighted by Crippen LogP contribution is 2.18. The van der Waals surface area contributed by atoms with Gasteiger partial charge < -0.3 is 19.9 Å². The highest BCUT2D eigenvalue weighted by Gasteiger charge is 2.17. The second-order valence-electron chi connectivity index (χ2n) is 7.36. The number of rotatable bonds is 8. The Hall–Kier alpha value is -3.94. The fourth-order valence-corrected chi connectivity index (χ4v) is 3.68. The van der Waals surface area contributed by atoms with Gasteiger partial charge in [0.25, 0.3) is 11.5 Å². The lowest BCUT2D eigenvalue weighted by Gasteiger charge is -2.12. The maximum Gasteiger partial charge on any atom is 0.263 e. The van der Waals surface area contributed by atoms with Gasteiger partial charge in [0.05, 0.1) is 12.9 Å². The molecule has 0 spiro atoms. The zero-order valence-corrected chi connectivity index (χ0v) is 17.1. The van der Waals surface area contributed by atoms with Gasteiger partial charge in [-0.15, -0.1) is 0 Å². The number of amides is 1. The Labute approximate surface area is 178 Å². The Bertz CT molecular complexity index is 1280. The van der Waals surface area contributed by atoms with Gasteiger partial charge in [-0.05, 0) is 36.6 Å². The van der Waals surface area contributed by atoms with E-state index >= 15 is 0 Å². The number of nitrogens with one attached hydrogen (secondary N) is 3. The average molecular weight is 417 g/mol. The maximum absolute atomic E-state index is 13.0. The number of imidazole rings is 1. The molecule has 3 N–H and O–H groups in total. The molecule has 3 heterocycles. The van der Waals surface area contributed by atoms with E-state index < -0.39 is 11.5 Å². The van der Waals surface area contributed by atoms with Crippen LogP contribution in [0.1, 0.15) is 44.8 Å². The lowest BCUT2D eigenvalue weighted by Crippen LogP contribution is -2.32. The molecule has 4 aromatic rings. The van der Waals surface area contributed by atoms with Gasteiger partial charge in [0.15, 0.2) is 5.78 Å². The predicted molar refractivity (Wildman–Crippen MR) is 117 cm³/mol. The quantitative estimate of drug-likeness (QED) is 0.383. The molecule has 4 rings (SSSR count). The van der Waals surface area contributed by atoms with Crippen LogP contribution in [0.5, 0.6) is 0 Å². The van der Waals surface area contributed by atoms with Crippen LogP contribution in [0.25, 0.3) is 10.9 Å². The summed E-state index contributed by atoms with van der Waals surface area (Å²) in [5.41, 5.74) is 2.73. The third-order valence-corrected chi connectivity index (χ3v) is 5.31. The van der Waals surface area contributed by atoms with Crippen LogP contribution in [0.2, 0.25) is 0 Å². The molecule has 0 saturated heterocycles. The van der Waals surface area contributed by atoms with Gasteiger partial charge in [0, 0.05) is 54.2 Å². The zero-order valence-electron chi connectivity index (χ0n) is 17.1. The third-order valence-electron chi connectivity index (χ3n) is 5.31. The number of Topliss-reactive ketones (excluding diaryl/α,β-unsaturated/α-hetero) is 1. The lowest BCUT2D eigenvalue weighted by atomic mass is 10.0. The predicted octanol–water partition coefficient (Wildman–Crippen LogP) is 2.67. The molecule has 1 amide bonds. The number of ketones is 1. The van der Waals surface area contributed by atoms with Crippen LogP contribution in [-0.4, -0.2) is 38.3 Å². The summed E-state index contributed by atoms with van der Waals surface area (Å²) in [6, 6.07) is 9.13. The van der Waals surface area contributed by atoms with E-state index in [2.05, 4.69) is 20.3 Å². The van der Waals surface area contributed by atoms with Gasteiger partial charge >= 0.3 is 0 Å². The van der Waals surface area contributed by atoms with Crippen LogP contribution in [0.15, 0.2) is 60.0 Å². The average Bonchev–Trinajstić information content (AvgIpc) is 3.47. The number of fused-ring (bicyclic) bond motifs is 1. The molecule has 0 aliphatic rings. The zero-order chi connectivity index (χ0) is 21.8. The lowest BCUT2D eigenvalue weighted by molar-refractivity contribution is 0.0961. The molecule has 0 bridgehead atoms. The number of aromatic nitrogens is 4. The van der Waals surface area contributed by atoms with Crippen molar-refractivity contribution in [3.05, 3.63) is 88.0 Å². The first-order valence-corrected chi connectivity index (χ1v) is 10.1. The molecule has 0 radical (unpaired) electrons. The number of hydrogen-bond acceptors (Lipinski definition) is 4. The Morgan fingerprint density at radius 3 is 2.84 bits per heavy atom. The summed E-state index contributed by atoms with van der Waals surface area (Å²) in [7, 11) is 1.46. The number of H-pyrrole nitrogens is 2. The van der Waals surface area contributed by atoms with Crippen LogP contribution in [0.3, 0.4) is 0 Å². The van der Waals surface area contributed by atoms with Crippen molar-refractivity contribution in [2.75, 3.05) is 7.05 Å². The Morgan fingerprint density at radius 2 is 2.06 bits per heavy atom. The molecule has 3 aromatic heterocycles. The SMILES string of the molecule is CNC(=O)c1cc(C(=O)CCCc2cnc[nH]2)cn(Cc2cccc3[nH]ccc23)c1=O. The standard InChI is InChI=1S/C23H23N5O3/c1-24-22(30)19-10-16(21(29)7-3-5-17-11-25-14-27-17)13-28(23(19)31)12-15-4-2-6-20-18(15)8-9-26-20/h2,4,6,8-11,13-14,26H,3,5,7,12H2,1H3,(H,24,30)(H,25,27). The first kappa shape index (κ1) is 20.3. The highest BCUT2D eigenvalue weighted by molar-refractivity contribution is 6.00. The van der Waals surface area contributed by atoms with Crippen LogP contribution >= 0.6 is 0 Å². The van der Waals surface area contributed by atoms with Crippen LogP contribution < -0.4 is 10.9 Å². The molecule has 0 unspecified atom stereocenters. The summed E-state index contributed by atoms with van der Waals surface area (Å²) in [6.45, 7) is 0.257. The molecule has 8 heteroatoms. The number of carbonyl (C=O) groups excluding carboxylic acids is 2. The van der Waals surface area contributed by atoms with E-state index in [4.69, 9.17) is 0 Å². The maximum atomic E-state index is 13.0. The van der Waals surface area contributed by atoms with Gasteiger partial charge in [-0.2, -0.15) is 0 Å². The van der Waals surface area contributed by atoms with E-state index in [0.29, 0.717) is 24.8 Å². The topological polar surface area (TPSA) is 113 Å². The normalized spacial score (nSPS) is 11.0. The minimum atomic E-state index is -0.509. The van der Waals surface area contributed by atoms with E-state index in [0.717, 1.165) is 22.2 Å². The summed E-state index contributed by atoms with van der Waals surface area (Å²) in [6.07, 6.45) is 8.37. The molecule has 1 aromatic carbocycles. The van der Waals surface area contributed by atoms with Crippen molar-refractivity contribution in [1.29, 1.82) is 0 Å². The van der Waals surface area contributed by atoms with Crippen LogP contribution in [0, 0.1) is 0 Å². The minimum absolute atomic E-state index is 0.0387. The molecule has 0 atom stereocenters. The van der Waals surface area contributed by atoms with Gasteiger partial charge in [0.2, 0.25) is 0 Å². The number of benzene rings is 1. The van der Waals surface area contributed by atoms with Crippen molar-refractivity contribution in [1.82, 2.24) is 24.8 Å². The summed E-state index contributed by atoms with van der Waals surface area (Å²) >= 11 is 0. The van der Waals surface area contributed by atoms with Crippen molar-refractivity contribution < 1.29 is 9.59 Å². The Balaban J connectivity index is 1.64. The number of pyridine rings is 1. The monoisotopic (exact) mass is 417 g/mol. The molecule has 0 fully saturated rings. The van der Waals surface area contributed by atoms with Crippen molar-refractivity contribution in [3.63, 3.8) is 0 Å². The fourth-order valence-electron chi connectivity index (χ4n) is 3.68. The summed E-state index contributed by atoms with van der Waals surface area (Å²) in [4.78, 5) is 48.3. The van der Waals surface area contributed by atoms with Crippen LogP contribution in [0.4, 0.5) is 0 Å². The molecule has 31 heavy (non-hydrogen) atoms. The number of hydrogen-bond donors (Lipinski definition) is 3. The Morgan fingerprint density at radius 1 is 1.19 bits per heavy atom. The Kier molecular flexibility index (Phi) is 5.79. The van der Waals surface area contributed by atoms with E-state index in [1.54, 1.807) is 18.7 Å². The first-order valence-electron chi connectivity index (χ1n) is 10.1. The third kappa shape index (κ3) is 4.32. The van der Waals surface area contributed by atoms with E-state index in [-0.39, 0.29) is 17.9 Å². The van der Waals surface area contributed by atoms with E-state index in [9.17, 15) is 14.4 Å². The summed E-state index contributed by atoms with van der Waals surface area (Å²) in [5.74, 6) is -0.621. The number of aryl methyl sites for hydroxylation is 1. The molecule has 0 saturated carbocycles. The molecule has 0 aliphatic heterocycles. The van der Waals surface area contributed by atoms with E-state index in [1.165, 1.54) is 17.7 Å². The second-order valence-corrected chi connectivity index (χ2v) is 7.36. The summed E-state index contributed by atoms with van der Waals surface area (Å²) in [5, 5.41) is 3.48. The molecular weight excluding hydrogens is 394 g/mol. The van der Waals surface area contributed by atoms with Gasteiger partial charge in [-0.25, -0.2) is 4.98 Å². The van der Waals surface area contributed by atoms with Crippen molar-refractivity contribution in [2.45, 2.75) is 25.8 Å². The fraction of sp³-hybridized carbons (Fsp3) is 0.217. The molecule has 8 nitrogen and oxygen atoms in total. The second kappa shape index (κ2) is 8.83. The van der Waals surface area contributed by atoms with Gasteiger partial charge in [0.1, 0.15) is 5.56 Å². The number of nitrogens with zero attached hydrogens (tertiary/aromatic N) is 2. The van der Waals surface area contributed by atoms with Crippen molar-refractivity contribution >= 4 is 22.6 Å². The van der Waals surface area contributed by atoms with E-state index in [1.807, 2.05) is 30.5 Å². The minimum Gasteiger partial charge on any atom is -0.361 e. The molecule has 158 valence electrons. The number of aromatic amines is 2. The van der Waals surface area contributed by atoms with Crippen LogP contribution in [-0.2, 0) is 13.0 Å². The largest absolute Gasteiger partial charge is 0.361 e. The number of carbonyl (C=O) groups is 2.